The first kappa shape index (κ1) is 20.6. The minimum absolute atomic E-state index is 0.142. The van der Waals surface area contributed by atoms with Crippen molar-refractivity contribution in [3.05, 3.63) is 0 Å². The summed E-state index contributed by atoms with van der Waals surface area (Å²) in [4.78, 5) is 32.1. The van der Waals surface area contributed by atoms with Crippen molar-refractivity contribution in [3.8, 4) is 0 Å². The Balaban J connectivity index is 1.41. The van der Waals surface area contributed by atoms with E-state index in [1.165, 1.54) is 6.42 Å². The van der Waals surface area contributed by atoms with E-state index >= 15 is 0 Å². The third kappa shape index (κ3) is 5.67. The number of nitrogens with zero attached hydrogens (tertiary/aromatic N) is 3. The molecule has 0 aromatic heterocycles. The summed E-state index contributed by atoms with van der Waals surface area (Å²) in [5.74, 6) is 0.542. The Bertz CT molecular complexity index is 487. The first-order valence-electron chi connectivity index (χ1n) is 11.0. The first-order chi connectivity index (χ1) is 13.2. The molecule has 1 atom stereocenters. The third-order valence-electron chi connectivity index (χ3n) is 6.47. The Labute approximate surface area is 164 Å². The van der Waals surface area contributed by atoms with Gasteiger partial charge in [-0.25, -0.2) is 0 Å². The highest BCUT2D eigenvalue weighted by molar-refractivity contribution is 5.89. The summed E-state index contributed by atoms with van der Waals surface area (Å²) in [6, 6.07) is -0.219. The van der Waals surface area contributed by atoms with Crippen molar-refractivity contribution in [2.45, 2.75) is 63.8 Å². The number of carbonyl (C=O) groups excluding carboxylic acids is 2. The van der Waals surface area contributed by atoms with Crippen LogP contribution >= 0.6 is 0 Å². The maximum absolute atomic E-state index is 12.9. The average molecular weight is 380 g/mol. The smallest absolute Gasteiger partial charge is 0.245 e. The van der Waals surface area contributed by atoms with Crippen LogP contribution in [0.2, 0.25) is 0 Å². The molecule has 2 saturated heterocycles. The molecule has 3 aliphatic rings. The van der Waals surface area contributed by atoms with Crippen molar-refractivity contribution in [2.24, 2.45) is 5.92 Å². The van der Waals surface area contributed by atoms with Gasteiger partial charge in [0.05, 0.1) is 13.2 Å². The largest absolute Gasteiger partial charge is 0.379 e. The normalized spacial score (nSPS) is 24.9. The number of rotatable bonds is 7. The van der Waals surface area contributed by atoms with Gasteiger partial charge in [0.25, 0.3) is 0 Å². The van der Waals surface area contributed by atoms with Gasteiger partial charge in [0.1, 0.15) is 6.04 Å². The Morgan fingerprint density at radius 1 is 0.963 bits per heavy atom. The van der Waals surface area contributed by atoms with Gasteiger partial charge in [-0.15, -0.1) is 0 Å². The molecule has 0 radical (unpaired) electrons. The lowest BCUT2D eigenvalue weighted by Crippen LogP contribution is -2.48. The quantitative estimate of drug-likeness (QED) is 0.636. The molecule has 154 valence electrons. The fourth-order valence-electron chi connectivity index (χ4n) is 4.75. The average Bonchev–Trinajstić information content (AvgIpc) is 3.21. The molecule has 0 N–H and O–H groups in total. The molecule has 0 bridgehead atoms. The number of ether oxygens (including phenoxy) is 1. The summed E-state index contributed by atoms with van der Waals surface area (Å²) >= 11 is 0. The van der Waals surface area contributed by atoms with Gasteiger partial charge in [-0.05, 0) is 45.1 Å². The van der Waals surface area contributed by atoms with Crippen LogP contribution in [0, 0.1) is 5.92 Å². The number of hydrogen-bond donors (Lipinski definition) is 0. The highest BCUT2D eigenvalue weighted by atomic mass is 16.5. The number of hydrogen-bond acceptors (Lipinski definition) is 4. The second-order valence-corrected chi connectivity index (χ2v) is 8.45. The van der Waals surface area contributed by atoms with Gasteiger partial charge in [0.2, 0.25) is 11.8 Å². The SMILES string of the molecule is CN(CCCCN1CCOCC1)C(=O)[C@H]1CCCN1C(=O)C1CCCCC1. The number of unbranched alkanes of at least 4 members (excludes halogenated alkanes) is 1. The minimum atomic E-state index is -0.219. The number of amides is 2. The Hall–Kier alpha value is -1.14. The van der Waals surface area contributed by atoms with Crippen LogP contribution in [0.3, 0.4) is 0 Å². The van der Waals surface area contributed by atoms with Crippen molar-refractivity contribution in [2.75, 3.05) is 53.0 Å². The zero-order valence-electron chi connectivity index (χ0n) is 17.0. The Morgan fingerprint density at radius 3 is 2.44 bits per heavy atom. The molecular formula is C21H37N3O3. The van der Waals surface area contributed by atoms with Crippen LogP contribution in [-0.2, 0) is 14.3 Å². The summed E-state index contributed by atoms with van der Waals surface area (Å²) in [5, 5.41) is 0. The zero-order valence-corrected chi connectivity index (χ0v) is 17.0. The second kappa shape index (κ2) is 10.4. The lowest BCUT2D eigenvalue weighted by atomic mass is 9.88. The molecule has 0 spiro atoms. The van der Waals surface area contributed by atoms with E-state index in [4.69, 9.17) is 4.74 Å². The minimum Gasteiger partial charge on any atom is -0.379 e. The van der Waals surface area contributed by atoms with Gasteiger partial charge in [-0.1, -0.05) is 19.3 Å². The predicted molar refractivity (Wildman–Crippen MR) is 105 cm³/mol. The molecule has 0 aromatic carbocycles. The molecule has 0 aromatic rings. The lowest BCUT2D eigenvalue weighted by Gasteiger charge is -2.32. The monoisotopic (exact) mass is 379 g/mol. The second-order valence-electron chi connectivity index (χ2n) is 8.45. The molecule has 2 heterocycles. The summed E-state index contributed by atoms with van der Waals surface area (Å²) in [6.07, 6.45) is 9.49. The van der Waals surface area contributed by atoms with Crippen LogP contribution in [0.25, 0.3) is 0 Å². The van der Waals surface area contributed by atoms with Gasteiger partial charge < -0.3 is 14.5 Å². The topological polar surface area (TPSA) is 53.1 Å². The molecule has 27 heavy (non-hydrogen) atoms. The van der Waals surface area contributed by atoms with Crippen molar-refractivity contribution in [3.63, 3.8) is 0 Å². The standard InChI is InChI=1S/C21H37N3O3/c1-22(11-5-6-12-23-14-16-27-17-15-23)21(26)19-10-7-13-24(19)20(25)18-8-3-2-4-9-18/h18-19H,2-17H2,1H3/t19-/m1/s1. The molecule has 3 fully saturated rings. The zero-order chi connectivity index (χ0) is 19.1. The Morgan fingerprint density at radius 2 is 1.70 bits per heavy atom. The summed E-state index contributed by atoms with van der Waals surface area (Å²) in [7, 11) is 1.90. The summed E-state index contributed by atoms with van der Waals surface area (Å²) < 4.78 is 5.38. The summed E-state index contributed by atoms with van der Waals surface area (Å²) in [6.45, 7) is 6.35. The summed E-state index contributed by atoms with van der Waals surface area (Å²) in [5.41, 5.74) is 0. The molecule has 0 unspecified atom stereocenters. The molecule has 6 nitrogen and oxygen atoms in total. The number of likely N-dealkylation sites (N-methyl/N-ethyl adjacent to an activating group) is 1. The first-order valence-corrected chi connectivity index (χ1v) is 11.0. The fraction of sp³-hybridized carbons (Fsp3) is 0.905. The fourth-order valence-corrected chi connectivity index (χ4v) is 4.75. The molecular weight excluding hydrogens is 342 g/mol. The van der Waals surface area contributed by atoms with E-state index in [9.17, 15) is 9.59 Å². The number of carbonyl (C=O) groups is 2. The molecule has 2 aliphatic heterocycles. The third-order valence-corrected chi connectivity index (χ3v) is 6.47. The molecule has 6 heteroatoms. The number of morpholine rings is 1. The van der Waals surface area contributed by atoms with Crippen molar-refractivity contribution in [1.29, 1.82) is 0 Å². The lowest BCUT2D eigenvalue weighted by molar-refractivity contribution is -0.146. The maximum atomic E-state index is 12.9. The van der Waals surface area contributed by atoms with Crippen molar-refractivity contribution in [1.82, 2.24) is 14.7 Å². The molecule has 2 amide bonds. The van der Waals surface area contributed by atoms with Crippen LogP contribution in [0.5, 0.6) is 0 Å². The Kier molecular flexibility index (Phi) is 7.94. The highest BCUT2D eigenvalue weighted by Crippen LogP contribution is 2.29. The van der Waals surface area contributed by atoms with Gasteiger partial charge in [0.15, 0.2) is 0 Å². The predicted octanol–water partition coefficient (Wildman–Crippen LogP) is 2.13. The molecule has 1 aliphatic carbocycles. The van der Waals surface area contributed by atoms with Gasteiger partial charge in [-0.3, -0.25) is 14.5 Å². The van der Waals surface area contributed by atoms with Crippen LogP contribution in [0.4, 0.5) is 0 Å². The van der Waals surface area contributed by atoms with Crippen molar-refractivity contribution >= 4 is 11.8 Å². The van der Waals surface area contributed by atoms with E-state index in [1.807, 2.05) is 16.8 Å². The molecule has 3 rings (SSSR count). The van der Waals surface area contributed by atoms with E-state index < -0.39 is 0 Å². The van der Waals surface area contributed by atoms with E-state index in [0.29, 0.717) is 0 Å². The number of likely N-dealkylation sites (tertiary alicyclic amines) is 1. The maximum Gasteiger partial charge on any atom is 0.245 e. The van der Waals surface area contributed by atoms with Crippen LogP contribution < -0.4 is 0 Å². The van der Waals surface area contributed by atoms with E-state index in [0.717, 1.165) is 97.3 Å². The van der Waals surface area contributed by atoms with E-state index in [2.05, 4.69) is 4.90 Å². The van der Waals surface area contributed by atoms with E-state index in [1.54, 1.807) is 0 Å². The van der Waals surface area contributed by atoms with Crippen molar-refractivity contribution < 1.29 is 14.3 Å². The van der Waals surface area contributed by atoms with Crippen LogP contribution in [0.15, 0.2) is 0 Å². The van der Waals surface area contributed by atoms with Gasteiger partial charge >= 0.3 is 0 Å². The molecule has 1 saturated carbocycles. The van der Waals surface area contributed by atoms with Gasteiger partial charge in [0, 0.05) is 39.1 Å². The van der Waals surface area contributed by atoms with Gasteiger partial charge in [-0.2, -0.15) is 0 Å². The van der Waals surface area contributed by atoms with E-state index in [-0.39, 0.29) is 23.8 Å². The van der Waals surface area contributed by atoms with Crippen LogP contribution in [-0.4, -0.2) is 85.5 Å². The highest BCUT2D eigenvalue weighted by Gasteiger charge is 2.38. The van der Waals surface area contributed by atoms with Crippen LogP contribution in [0.1, 0.15) is 57.8 Å².